The fourth-order valence-electron chi connectivity index (χ4n) is 3.23. The van der Waals surface area contributed by atoms with Gasteiger partial charge in [0.2, 0.25) is 0 Å². The standard InChI is InChI=1S/C20H26N2O/c1-15(22-10-4-5-11-22)16-6-8-17(9-7-16)18-12-19(14-21-13-18)20(2,3)23/h6-9,12-15,23H,4-5,10-11H2,1-3H3/t15-/m0/s1. The number of pyridine rings is 1. The quantitative estimate of drug-likeness (QED) is 0.922. The molecule has 1 N–H and O–H groups in total. The Balaban J connectivity index is 1.82. The number of likely N-dealkylation sites (tertiary alicyclic amines) is 1. The van der Waals surface area contributed by atoms with Gasteiger partial charge >= 0.3 is 0 Å². The third kappa shape index (κ3) is 3.62. The van der Waals surface area contributed by atoms with Crippen molar-refractivity contribution in [3.8, 4) is 11.1 Å². The van der Waals surface area contributed by atoms with Gasteiger partial charge in [0.25, 0.3) is 0 Å². The third-order valence-corrected chi connectivity index (χ3v) is 4.86. The highest BCUT2D eigenvalue weighted by atomic mass is 16.3. The number of hydrogen-bond donors (Lipinski definition) is 1. The first-order chi connectivity index (χ1) is 10.9. The first-order valence-electron chi connectivity index (χ1n) is 8.47. The van der Waals surface area contributed by atoms with E-state index in [0.29, 0.717) is 6.04 Å². The second-order valence-electron chi connectivity index (χ2n) is 7.06. The molecule has 1 aromatic heterocycles. The Bertz CT molecular complexity index is 652. The van der Waals surface area contributed by atoms with Gasteiger partial charge in [0.15, 0.2) is 0 Å². The highest BCUT2D eigenvalue weighted by Gasteiger charge is 2.20. The zero-order valence-electron chi connectivity index (χ0n) is 14.3. The van der Waals surface area contributed by atoms with Crippen LogP contribution in [0, 0.1) is 0 Å². The molecule has 3 nitrogen and oxygen atoms in total. The lowest BCUT2D eigenvalue weighted by atomic mass is 9.96. The Hall–Kier alpha value is -1.71. The average Bonchev–Trinajstić information content (AvgIpc) is 3.08. The summed E-state index contributed by atoms with van der Waals surface area (Å²) in [7, 11) is 0. The summed E-state index contributed by atoms with van der Waals surface area (Å²) in [5, 5.41) is 10.2. The van der Waals surface area contributed by atoms with Crippen molar-refractivity contribution in [2.24, 2.45) is 0 Å². The van der Waals surface area contributed by atoms with Crippen LogP contribution in [0.2, 0.25) is 0 Å². The molecule has 1 saturated heterocycles. The van der Waals surface area contributed by atoms with Gasteiger partial charge in [0, 0.05) is 29.6 Å². The molecule has 1 fully saturated rings. The smallest absolute Gasteiger partial charge is 0.0855 e. The van der Waals surface area contributed by atoms with Crippen LogP contribution < -0.4 is 0 Å². The minimum Gasteiger partial charge on any atom is -0.386 e. The fourth-order valence-corrected chi connectivity index (χ4v) is 3.23. The first-order valence-corrected chi connectivity index (χ1v) is 8.47. The predicted molar refractivity (Wildman–Crippen MR) is 94.1 cm³/mol. The van der Waals surface area contributed by atoms with Crippen LogP contribution in [-0.2, 0) is 5.60 Å². The van der Waals surface area contributed by atoms with Gasteiger partial charge < -0.3 is 5.11 Å². The number of aliphatic hydroxyl groups is 1. The van der Waals surface area contributed by atoms with E-state index in [0.717, 1.165) is 16.7 Å². The second kappa shape index (κ2) is 6.42. The first kappa shape index (κ1) is 16.2. The lowest BCUT2D eigenvalue weighted by Crippen LogP contribution is -2.23. The Morgan fingerprint density at radius 3 is 2.30 bits per heavy atom. The molecule has 1 aliphatic rings. The predicted octanol–water partition coefficient (Wildman–Crippen LogP) is 4.13. The molecule has 0 radical (unpaired) electrons. The molecular weight excluding hydrogens is 284 g/mol. The van der Waals surface area contributed by atoms with E-state index in [1.807, 2.05) is 12.3 Å². The highest BCUT2D eigenvalue weighted by Crippen LogP contribution is 2.28. The molecule has 1 aromatic carbocycles. The molecule has 0 unspecified atom stereocenters. The van der Waals surface area contributed by atoms with Gasteiger partial charge in [-0.2, -0.15) is 0 Å². The molecule has 122 valence electrons. The summed E-state index contributed by atoms with van der Waals surface area (Å²) in [6, 6.07) is 11.3. The van der Waals surface area contributed by atoms with Gasteiger partial charge in [0.1, 0.15) is 0 Å². The lowest BCUT2D eigenvalue weighted by molar-refractivity contribution is 0.0783. The Morgan fingerprint density at radius 2 is 1.70 bits per heavy atom. The highest BCUT2D eigenvalue weighted by molar-refractivity contribution is 5.63. The Morgan fingerprint density at radius 1 is 1.04 bits per heavy atom. The van der Waals surface area contributed by atoms with E-state index in [1.54, 1.807) is 20.0 Å². The molecule has 1 aliphatic heterocycles. The fraction of sp³-hybridized carbons (Fsp3) is 0.450. The van der Waals surface area contributed by atoms with Crippen LogP contribution in [0.5, 0.6) is 0 Å². The molecule has 2 aromatic rings. The van der Waals surface area contributed by atoms with E-state index in [4.69, 9.17) is 0 Å². The van der Waals surface area contributed by atoms with E-state index >= 15 is 0 Å². The maximum atomic E-state index is 10.2. The molecule has 0 bridgehead atoms. The van der Waals surface area contributed by atoms with E-state index in [1.165, 1.54) is 31.5 Å². The van der Waals surface area contributed by atoms with Gasteiger partial charge in [0.05, 0.1) is 5.60 Å². The van der Waals surface area contributed by atoms with Crippen LogP contribution in [0.4, 0.5) is 0 Å². The van der Waals surface area contributed by atoms with Gasteiger partial charge in [-0.05, 0) is 63.9 Å². The number of aromatic nitrogens is 1. The SMILES string of the molecule is C[C@@H](c1ccc(-c2cncc(C(C)(C)O)c2)cc1)N1CCCC1. The third-order valence-electron chi connectivity index (χ3n) is 4.86. The topological polar surface area (TPSA) is 36.4 Å². The zero-order valence-corrected chi connectivity index (χ0v) is 14.3. The van der Waals surface area contributed by atoms with Crippen LogP contribution in [-0.4, -0.2) is 28.1 Å². The number of hydrogen-bond acceptors (Lipinski definition) is 3. The van der Waals surface area contributed by atoms with Crippen LogP contribution in [0.1, 0.15) is 50.8 Å². The van der Waals surface area contributed by atoms with Crippen molar-refractivity contribution in [1.82, 2.24) is 9.88 Å². The lowest BCUT2D eigenvalue weighted by Gasteiger charge is -2.24. The maximum Gasteiger partial charge on any atom is 0.0855 e. The minimum atomic E-state index is -0.868. The number of benzene rings is 1. The minimum absolute atomic E-state index is 0.479. The van der Waals surface area contributed by atoms with Gasteiger partial charge in [-0.1, -0.05) is 24.3 Å². The van der Waals surface area contributed by atoms with Crippen molar-refractivity contribution in [2.45, 2.75) is 45.3 Å². The van der Waals surface area contributed by atoms with Gasteiger partial charge in [-0.3, -0.25) is 9.88 Å². The molecule has 3 rings (SSSR count). The molecule has 0 amide bonds. The summed E-state index contributed by atoms with van der Waals surface area (Å²) in [5.41, 5.74) is 3.52. The molecule has 0 spiro atoms. The van der Waals surface area contributed by atoms with Gasteiger partial charge in [-0.15, -0.1) is 0 Å². The van der Waals surface area contributed by atoms with Gasteiger partial charge in [-0.25, -0.2) is 0 Å². The van der Waals surface area contributed by atoms with Crippen molar-refractivity contribution in [1.29, 1.82) is 0 Å². The maximum absolute atomic E-state index is 10.2. The van der Waals surface area contributed by atoms with E-state index < -0.39 is 5.60 Å². The summed E-state index contributed by atoms with van der Waals surface area (Å²) < 4.78 is 0. The van der Waals surface area contributed by atoms with Crippen molar-refractivity contribution < 1.29 is 5.11 Å². The number of rotatable bonds is 4. The van der Waals surface area contributed by atoms with Crippen LogP contribution in [0.3, 0.4) is 0 Å². The van der Waals surface area contributed by atoms with Crippen molar-refractivity contribution in [3.05, 3.63) is 53.9 Å². The second-order valence-corrected chi connectivity index (χ2v) is 7.06. The molecule has 2 heterocycles. The largest absolute Gasteiger partial charge is 0.386 e. The summed E-state index contributed by atoms with van der Waals surface area (Å²) in [4.78, 5) is 6.83. The zero-order chi connectivity index (χ0) is 16.4. The molecule has 23 heavy (non-hydrogen) atoms. The molecule has 0 aliphatic carbocycles. The molecule has 1 atom stereocenters. The Kier molecular flexibility index (Phi) is 4.51. The van der Waals surface area contributed by atoms with Crippen LogP contribution in [0.15, 0.2) is 42.7 Å². The van der Waals surface area contributed by atoms with Crippen LogP contribution >= 0.6 is 0 Å². The molecule has 3 heteroatoms. The monoisotopic (exact) mass is 310 g/mol. The summed E-state index contributed by atoms with van der Waals surface area (Å²) in [5.74, 6) is 0. The van der Waals surface area contributed by atoms with E-state index in [2.05, 4.69) is 41.1 Å². The normalized spacial score (nSPS) is 17.4. The number of nitrogens with zero attached hydrogens (tertiary/aromatic N) is 2. The summed E-state index contributed by atoms with van der Waals surface area (Å²) >= 11 is 0. The average molecular weight is 310 g/mol. The van der Waals surface area contributed by atoms with E-state index in [9.17, 15) is 5.11 Å². The summed E-state index contributed by atoms with van der Waals surface area (Å²) in [6.45, 7) is 8.28. The Labute approximate surface area is 139 Å². The van der Waals surface area contributed by atoms with Crippen molar-refractivity contribution in [2.75, 3.05) is 13.1 Å². The summed E-state index contributed by atoms with van der Waals surface area (Å²) in [6.07, 6.45) is 6.22. The molecule has 0 saturated carbocycles. The molecular formula is C20H26N2O. The van der Waals surface area contributed by atoms with E-state index in [-0.39, 0.29) is 0 Å². The van der Waals surface area contributed by atoms with Crippen molar-refractivity contribution in [3.63, 3.8) is 0 Å². The van der Waals surface area contributed by atoms with Crippen molar-refractivity contribution >= 4 is 0 Å². The van der Waals surface area contributed by atoms with Crippen LogP contribution in [0.25, 0.3) is 11.1 Å².